The summed E-state index contributed by atoms with van der Waals surface area (Å²) in [6, 6.07) is 13.4. The van der Waals surface area contributed by atoms with Crippen LogP contribution in [-0.2, 0) is 16.1 Å². The number of benzene rings is 2. The van der Waals surface area contributed by atoms with Crippen molar-refractivity contribution in [3.63, 3.8) is 0 Å². The number of amides is 2. The van der Waals surface area contributed by atoms with Gasteiger partial charge < -0.3 is 24.4 Å². The molecular weight excluding hydrogens is 396 g/mol. The van der Waals surface area contributed by atoms with Gasteiger partial charge in [-0.2, -0.15) is 0 Å². The molecule has 31 heavy (non-hydrogen) atoms. The summed E-state index contributed by atoms with van der Waals surface area (Å²) in [7, 11) is 1.62. The van der Waals surface area contributed by atoms with Crippen LogP contribution >= 0.6 is 0 Å². The number of methoxy groups -OCH3 is 1. The van der Waals surface area contributed by atoms with E-state index in [9.17, 15) is 9.59 Å². The normalized spacial score (nSPS) is 19.5. The van der Waals surface area contributed by atoms with Gasteiger partial charge in [0, 0.05) is 31.5 Å². The molecule has 0 aliphatic carbocycles. The zero-order chi connectivity index (χ0) is 22.0. The van der Waals surface area contributed by atoms with Gasteiger partial charge in [-0.15, -0.1) is 0 Å². The van der Waals surface area contributed by atoms with E-state index in [4.69, 9.17) is 14.2 Å². The molecule has 7 nitrogen and oxygen atoms in total. The zero-order valence-electron chi connectivity index (χ0n) is 18.1. The van der Waals surface area contributed by atoms with Crippen LogP contribution in [0.5, 0.6) is 17.2 Å². The molecule has 0 aromatic heterocycles. The highest BCUT2D eigenvalue weighted by Gasteiger charge is 2.40. The van der Waals surface area contributed by atoms with Gasteiger partial charge in [0.25, 0.3) is 0 Å². The molecule has 2 amide bonds. The highest BCUT2D eigenvalue weighted by atomic mass is 16.7. The van der Waals surface area contributed by atoms with Gasteiger partial charge in [-0.1, -0.05) is 32.0 Å². The molecule has 2 unspecified atom stereocenters. The SMILES string of the molecule is COc1ccc(C2CN(C(=O)C(C)C)CC2C(=O)NCc2ccc3c(c2)OCO3)cc1. The van der Waals surface area contributed by atoms with Crippen LogP contribution in [0, 0.1) is 11.8 Å². The number of likely N-dealkylation sites (tertiary alicyclic amines) is 1. The van der Waals surface area contributed by atoms with Crippen LogP contribution in [0.3, 0.4) is 0 Å². The highest BCUT2D eigenvalue weighted by molar-refractivity contribution is 5.84. The van der Waals surface area contributed by atoms with Crippen molar-refractivity contribution in [1.82, 2.24) is 10.2 Å². The molecule has 2 atom stereocenters. The van der Waals surface area contributed by atoms with E-state index in [1.165, 1.54) is 0 Å². The molecule has 1 N–H and O–H groups in total. The second-order valence-electron chi connectivity index (χ2n) is 8.29. The number of hydrogen-bond acceptors (Lipinski definition) is 5. The van der Waals surface area contributed by atoms with Crippen molar-refractivity contribution in [3.8, 4) is 17.2 Å². The average Bonchev–Trinajstić information content (AvgIpc) is 3.44. The van der Waals surface area contributed by atoms with Gasteiger partial charge in [0.2, 0.25) is 18.6 Å². The summed E-state index contributed by atoms with van der Waals surface area (Å²) in [5.41, 5.74) is 1.97. The number of rotatable bonds is 6. The number of ether oxygens (including phenoxy) is 3. The minimum atomic E-state index is -0.315. The fourth-order valence-electron chi connectivity index (χ4n) is 4.17. The van der Waals surface area contributed by atoms with Gasteiger partial charge in [-0.25, -0.2) is 0 Å². The van der Waals surface area contributed by atoms with Gasteiger partial charge in [0.1, 0.15) is 5.75 Å². The van der Waals surface area contributed by atoms with E-state index in [-0.39, 0.29) is 36.4 Å². The van der Waals surface area contributed by atoms with Crippen LogP contribution in [0.1, 0.15) is 30.9 Å². The Morgan fingerprint density at radius 2 is 1.84 bits per heavy atom. The molecule has 7 heteroatoms. The maximum absolute atomic E-state index is 13.2. The number of nitrogens with zero attached hydrogens (tertiary/aromatic N) is 1. The third-order valence-corrected chi connectivity index (χ3v) is 5.91. The Morgan fingerprint density at radius 3 is 2.55 bits per heavy atom. The standard InChI is InChI=1S/C24H28N2O5/c1-15(2)24(28)26-12-19(17-5-7-18(29-3)8-6-17)20(13-26)23(27)25-11-16-4-9-21-22(10-16)31-14-30-21/h4-10,15,19-20H,11-14H2,1-3H3,(H,25,27). The van der Waals surface area contributed by atoms with Gasteiger partial charge in [-0.3, -0.25) is 9.59 Å². The second-order valence-corrected chi connectivity index (χ2v) is 8.29. The van der Waals surface area contributed by atoms with Gasteiger partial charge in [0.05, 0.1) is 13.0 Å². The minimum Gasteiger partial charge on any atom is -0.497 e. The van der Waals surface area contributed by atoms with Gasteiger partial charge in [0.15, 0.2) is 11.5 Å². The lowest BCUT2D eigenvalue weighted by atomic mass is 9.88. The van der Waals surface area contributed by atoms with E-state index in [1.54, 1.807) is 7.11 Å². The fourth-order valence-corrected chi connectivity index (χ4v) is 4.17. The van der Waals surface area contributed by atoms with Crippen LogP contribution in [0.4, 0.5) is 0 Å². The molecule has 164 valence electrons. The summed E-state index contributed by atoms with van der Waals surface area (Å²) in [6.07, 6.45) is 0. The van der Waals surface area contributed by atoms with Crippen molar-refractivity contribution >= 4 is 11.8 Å². The molecule has 0 spiro atoms. The quantitative estimate of drug-likeness (QED) is 0.772. The summed E-state index contributed by atoms with van der Waals surface area (Å²) in [4.78, 5) is 27.6. The number of carbonyl (C=O) groups is 2. The minimum absolute atomic E-state index is 0.0578. The lowest BCUT2D eigenvalue weighted by molar-refractivity contribution is -0.133. The predicted molar refractivity (Wildman–Crippen MR) is 115 cm³/mol. The van der Waals surface area contributed by atoms with E-state index in [0.717, 1.165) is 16.9 Å². The molecule has 2 aliphatic rings. The Morgan fingerprint density at radius 1 is 1.10 bits per heavy atom. The Kier molecular flexibility index (Phi) is 6.02. The molecule has 0 radical (unpaired) electrons. The summed E-state index contributed by atoms with van der Waals surface area (Å²) in [5, 5.41) is 3.05. The summed E-state index contributed by atoms with van der Waals surface area (Å²) >= 11 is 0. The Bertz CT molecular complexity index is 957. The van der Waals surface area contributed by atoms with E-state index < -0.39 is 0 Å². The monoisotopic (exact) mass is 424 g/mol. The van der Waals surface area contributed by atoms with Crippen LogP contribution in [0.2, 0.25) is 0 Å². The fraction of sp³-hybridized carbons (Fsp3) is 0.417. The highest BCUT2D eigenvalue weighted by Crippen LogP contribution is 2.35. The van der Waals surface area contributed by atoms with Crippen LogP contribution < -0.4 is 19.5 Å². The molecule has 1 saturated heterocycles. The van der Waals surface area contributed by atoms with Crippen LogP contribution in [-0.4, -0.2) is 43.7 Å². The lowest BCUT2D eigenvalue weighted by Crippen LogP contribution is -2.36. The number of nitrogens with one attached hydrogen (secondary N) is 1. The number of fused-ring (bicyclic) bond motifs is 1. The molecular formula is C24H28N2O5. The smallest absolute Gasteiger partial charge is 0.231 e. The molecule has 0 saturated carbocycles. The lowest BCUT2D eigenvalue weighted by Gasteiger charge is -2.18. The number of carbonyl (C=O) groups excluding carboxylic acids is 2. The maximum Gasteiger partial charge on any atom is 0.231 e. The first-order valence-electron chi connectivity index (χ1n) is 10.5. The van der Waals surface area contributed by atoms with Crippen molar-refractivity contribution in [1.29, 1.82) is 0 Å². The molecule has 0 bridgehead atoms. The van der Waals surface area contributed by atoms with Crippen molar-refractivity contribution in [2.45, 2.75) is 26.3 Å². The largest absolute Gasteiger partial charge is 0.497 e. The third-order valence-electron chi connectivity index (χ3n) is 5.91. The first kappa shape index (κ1) is 21.0. The van der Waals surface area contributed by atoms with Crippen LogP contribution in [0.15, 0.2) is 42.5 Å². The van der Waals surface area contributed by atoms with E-state index in [1.807, 2.05) is 61.2 Å². The van der Waals surface area contributed by atoms with Gasteiger partial charge >= 0.3 is 0 Å². The summed E-state index contributed by atoms with van der Waals surface area (Å²) < 4.78 is 16.0. The van der Waals surface area contributed by atoms with Crippen LogP contribution in [0.25, 0.3) is 0 Å². The third kappa shape index (κ3) is 4.45. The van der Waals surface area contributed by atoms with Crippen molar-refractivity contribution < 1.29 is 23.8 Å². The van der Waals surface area contributed by atoms with E-state index in [2.05, 4.69) is 5.32 Å². The Balaban J connectivity index is 1.49. The predicted octanol–water partition coefficient (Wildman–Crippen LogP) is 2.94. The van der Waals surface area contributed by atoms with Crippen molar-refractivity contribution in [2.75, 3.05) is 27.0 Å². The topological polar surface area (TPSA) is 77.1 Å². The Labute approximate surface area is 182 Å². The molecule has 1 fully saturated rings. The second kappa shape index (κ2) is 8.88. The van der Waals surface area contributed by atoms with Crippen molar-refractivity contribution in [2.24, 2.45) is 11.8 Å². The Hall–Kier alpha value is -3.22. The number of hydrogen-bond donors (Lipinski definition) is 1. The van der Waals surface area contributed by atoms with Crippen molar-refractivity contribution in [3.05, 3.63) is 53.6 Å². The molecule has 4 rings (SSSR count). The molecule has 2 aromatic carbocycles. The zero-order valence-corrected chi connectivity index (χ0v) is 18.1. The van der Waals surface area contributed by atoms with E-state index >= 15 is 0 Å². The molecule has 2 aliphatic heterocycles. The first-order chi connectivity index (χ1) is 15.0. The maximum atomic E-state index is 13.2. The molecule has 2 aromatic rings. The molecule has 2 heterocycles. The first-order valence-corrected chi connectivity index (χ1v) is 10.5. The summed E-state index contributed by atoms with van der Waals surface area (Å²) in [6.45, 7) is 5.33. The average molecular weight is 424 g/mol. The van der Waals surface area contributed by atoms with E-state index in [0.29, 0.717) is 31.1 Å². The van der Waals surface area contributed by atoms with Gasteiger partial charge in [-0.05, 0) is 35.4 Å². The summed E-state index contributed by atoms with van der Waals surface area (Å²) in [5.74, 6) is 1.70.